The highest BCUT2D eigenvalue weighted by Gasteiger charge is 2.48. The van der Waals surface area contributed by atoms with E-state index >= 15 is 0 Å². The smallest absolute Gasteiger partial charge is 0.417 e. The Balaban J connectivity index is 1.68. The lowest BCUT2D eigenvalue weighted by Gasteiger charge is -2.54. The average molecular weight is 394 g/mol. The summed E-state index contributed by atoms with van der Waals surface area (Å²) in [6.07, 6.45) is -2.78. The molecule has 4 heterocycles. The van der Waals surface area contributed by atoms with E-state index in [1.807, 2.05) is 11.8 Å². The Morgan fingerprint density at radius 3 is 2.54 bits per heavy atom. The molecule has 2 unspecified atom stereocenters. The molecule has 3 atom stereocenters. The van der Waals surface area contributed by atoms with E-state index in [9.17, 15) is 23.2 Å². The number of aromatic nitrogens is 1. The average Bonchev–Trinajstić information content (AvgIpc) is 2.63. The molecular formula is C19H21F3N4O2. The number of alkyl halides is 3. The predicted octanol–water partition coefficient (Wildman–Crippen LogP) is 3.12. The number of hydrogen-bond donors (Lipinski definition) is 1. The molecular weight excluding hydrogens is 373 g/mol. The van der Waals surface area contributed by atoms with Gasteiger partial charge in [0.25, 0.3) is 0 Å². The number of nitrogens with zero attached hydrogens (tertiary/aromatic N) is 4. The lowest BCUT2D eigenvalue weighted by Crippen LogP contribution is -2.56. The van der Waals surface area contributed by atoms with Gasteiger partial charge in [-0.2, -0.15) is 18.4 Å². The first-order valence-corrected chi connectivity index (χ1v) is 9.44. The van der Waals surface area contributed by atoms with Crippen molar-refractivity contribution >= 4 is 17.6 Å². The van der Waals surface area contributed by atoms with E-state index in [0.29, 0.717) is 19.6 Å². The van der Waals surface area contributed by atoms with E-state index in [4.69, 9.17) is 5.11 Å². The molecule has 1 saturated carbocycles. The van der Waals surface area contributed by atoms with Crippen LogP contribution in [0.4, 0.5) is 24.8 Å². The van der Waals surface area contributed by atoms with Crippen molar-refractivity contribution in [2.24, 2.45) is 17.8 Å². The van der Waals surface area contributed by atoms with E-state index < -0.39 is 23.3 Å². The number of anilines is 2. The van der Waals surface area contributed by atoms with Gasteiger partial charge in [-0.25, -0.2) is 4.98 Å². The Bertz CT molecular complexity index is 839. The third-order valence-electron chi connectivity index (χ3n) is 6.46. The number of carboxylic acid groups (broad SMARTS) is 1. The molecule has 1 aromatic rings. The van der Waals surface area contributed by atoms with Gasteiger partial charge in [0.2, 0.25) is 0 Å². The maximum Gasteiger partial charge on any atom is 0.417 e. The molecule has 4 aliphatic rings. The van der Waals surface area contributed by atoms with E-state index in [1.165, 1.54) is 0 Å². The summed E-state index contributed by atoms with van der Waals surface area (Å²) >= 11 is 0. The molecule has 0 radical (unpaired) electrons. The Hall–Kier alpha value is -2.50. The number of carbonyl (C=O) groups is 1. The van der Waals surface area contributed by atoms with Crippen LogP contribution < -0.4 is 9.80 Å². The molecule has 2 bridgehead atoms. The lowest BCUT2D eigenvalue weighted by molar-refractivity contribution is -0.141. The van der Waals surface area contributed by atoms with E-state index in [1.54, 1.807) is 11.0 Å². The van der Waals surface area contributed by atoms with Crippen LogP contribution in [0.25, 0.3) is 0 Å². The Kier molecular flexibility index (Phi) is 4.40. The minimum absolute atomic E-state index is 0.0469. The SMILES string of the molecule is C[C@H]1CCN1c1nc(N2CC3CC(C2)C3CC(=O)O)cc(C(F)(F)F)c1C#N. The third-order valence-corrected chi connectivity index (χ3v) is 6.46. The van der Waals surface area contributed by atoms with Gasteiger partial charge in [-0.05, 0) is 43.6 Å². The molecule has 1 aromatic heterocycles. The van der Waals surface area contributed by atoms with Gasteiger partial charge >= 0.3 is 12.1 Å². The van der Waals surface area contributed by atoms with Gasteiger partial charge in [-0.1, -0.05) is 0 Å². The summed E-state index contributed by atoms with van der Waals surface area (Å²) in [6.45, 7) is 3.48. The van der Waals surface area contributed by atoms with Crippen molar-refractivity contribution in [2.45, 2.75) is 38.4 Å². The molecule has 4 fully saturated rings. The number of fused-ring (bicyclic) bond motifs is 2. The molecule has 9 heteroatoms. The first-order valence-electron chi connectivity index (χ1n) is 9.44. The minimum Gasteiger partial charge on any atom is -0.481 e. The van der Waals surface area contributed by atoms with Gasteiger partial charge in [0, 0.05) is 32.1 Å². The summed E-state index contributed by atoms with van der Waals surface area (Å²) < 4.78 is 41.0. The highest BCUT2D eigenvalue weighted by molar-refractivity contribution is 5.68. The molecule has 28 heavy (non-hydrogen) atoms. The minimum atomic E-state index is -4.64. The summed E-state index contributed by atoms with van der Waals surface area (Å²) in [5, 5.41) is 18.4. The van der Waals surface area contributed by atoms with E-state index in [-0.39, 0.29) is 41.9 Å². The Labute approximate surface area is 160 Å². The van der Waals surface area contributed by atoms with Crippen molar-refractivity contribution in [2.75, 3.05) is 29.4 Å². The molecule has 150 valence electrons. The molecule has 6 nitrogen and oxygen atoms in total. The first-order chi connectivity index (χ1) is 13.2. The summed E-state index contributed by atoms with van der Waals surface area (Å²) in [4.78, 5) is 19.0. The fraction of sp³-hybridized carbons (Fsp3) is 0.632. The number of pyridine rings is 1. The van der Waals surface area contributed by atoms with Crippen molar-refractivity contribution in [3.63, 3.8) is 0 Å². The van der Waals surface area contributed by atoms with Crippen molar-refractivity contribution < 1.29 is 23.1 Å². The number of halogens is 3. The largest absolute Gasteiger partial charge is 0.481 e. The second kappa shape index (κ2) is 6.54. The molecule has 0 aromatic carbocycles. The van der Waals surface area contributed by atoms with Crippen molar-refractivity contribution in [3.05, 3.63) is 17.2 Å². The molecule has 1 N–H and O–H groups in total. The number of nitriles is 1. The van der Waals surface area contributed by atoms with Crippen LogP contribution in [0.3, 0.4) is 0 Å². The number of piperidine rings is 2. The van der Waals surface area contributed by atoms with Gasteiger partial charge in [0.15, 0.2) is 0 Å². The van der Waals surface area contributed by atoms with Crippen LogP contribution in [0.2, 0.25) is 0 Å². The quantitative estimate of drug-likeness (QED) is 0.845. The molecule has 0 amide bonds. The molecule has 3 aliphatic heterocycles. The summed E-state index contributed by atoms with van der Waals surface area (Å²) in [5.41, 5.74) is -1.37. The molecule has 0 spiro atoms. The Morgan fingerprint density at radius 1 is 1.39 bits per heavy atom. The number of hydrogen-bond acceptors (Lipinski definition) is 5. The van der Waals surface area contributed by atoms with Crippen LogP contribution in [0.15, 0.2) is 6.07 Å². The zero-order valence-corrected chi connectivity index (χ0v) is 15.4. The fourth-order valence-electron chi connectivity index (χ4n) is 4.76. The van der Waals surface area contributed by atoms with Crippen molar-refractivity contribution in [3.8, 4) is 6.07 Å². The maximum absolute atomic E-state index is 13.7. The van der Waals surface area contributed by atoms with Crippen molar-refractivity contribution in [1.82, 2.24) is 4.98 Å². The monoisotopic (exact) mass is 394 g/mol. The summed E-state index contributed by atoms with van der Waals surface area (Å²) in [5.74, 6) is -0.0977. The van der Waals surface area contributed by atoms with Gasteiger partial charge in [0.05, 0.1) is 5.56 Å². The normalized spacial score (nSPS) is 29.0. The van der Waals surface area contributed by atoms with E-state index in [2.05, 4.69) is 4.98 Å². The zero-order valence-electron chi connectivity index (χ0n) is 15.4. The molecule has 5 rings (SSSR count). The van der Waals surface area contributed by atoms with Gasteiger partial charge in [-0.15, -0.1) is 0 Å². The van der Waals surface area contributed by atoms with E-state index in [0.717, 1.165) is 18.9 Å². The Morgan fingerprint density at radius 2 is 2.07 bits per heavy atom. The maximum atomic E-state index is 13.7. The topological polar surface area (TPSA) is 80.5 Å². The highest BCUT2D eigenvalue weighted by Crippen LogP contribution is 2.49. The second-order valence-electron chi connectivity index (χ2n) is 8.09. The third kappa shape index (κ3) is 3.05. The van der Waals surface area contributed by atoms with Crippen LogP contribution in [0.1, 0.15) is 37.3 Å². The standard InChI is InChI=1S/C19H21F3N4O2/c1-10-2-3-26(10)18-14(7-23)15(19(20,21)22)6-16(24-18)25-8-11-4-12(9-25)13(11)5-17(27)28/h6,10-13H,2-5,8-9H2,1H3,(H,27,28)/t10-,11?,12?,13?/m0/s1. The van der Waals surface area contributed by atoms with Gasteiger partial charge in [-0.3, -0.25) is 4.79 Å². The van der Waals surface area contributed by atoms with Crippen LogP contribution >= 0.6 is 0 Å². The fourth-order valence-corrected chi connectivity index (χ4v) is 4.76. The highest BCUT2D eigenvalue weighted by atomic mass is 19.4. The lowest BCUT2D eigenvalue weighted by atomic mass is 9.60. The molecule has 1 aliphatic carbocycles. The zero-order chi connectivity index (χ0) is 20.2. The van der Waals surface area contributed by atoms with Gasteiger partial charge in [0.1, 0.15) is 23.3 Å². The number of rotatable bonds is 4. The number of aliphatic carboxylic acids is 1. The van der Waals surface area contributed by atoms with Crippen molar-refractivity contribution in [1.29, 1.82) is 5.26 Å². The first kappa shape index (κ1) is 18.8. The molecule has 3 saturated heterocycles. The van der Waals surface area contributed by atoms with Crippen LogP contribution in [0.5, 0.6) is 0 Å². The predicted molar refractivity (Wildman–Crippen MR) is 94.9 cm³/mol. The van der Waals surface area contributed by atoms with Crippen LogP contribution in [0, 0.1) is 29.1 Å². The van der Waals surface area contributed by atoms with Crippen LogP contribution in [-0.2, 0) is 11.0 Å². The second-order valence-corrected chi connectivity index (χ2v) is 8.09. The summed E-state index contributed by atoms with van der Waals surface area (Å²) in [6, 6.07) is 2.73. The summed E-state index contributed by atoms with van der Waals surface area (Å²) in [7, 11) is 0. The van der Waals surface area contributed by atoms with Gasteiger partial charge < -0.3 is 14.9 Å². The van der Waals surface area contributed by atoms with Crippen LogP contribution in [-0.4, -0.2) is 41.7 Å². The number of carboxylic acids is 1.